The third kappa shape index (κ3) is 4.89. The molecule has 1 fully saturated rings. The molecule has 0 amide bonds. The van der Waals surface area contributed by atoms with Crippen LogP contribution in [0.3, 0.4) is 0 Å². The first-order chi connectivity index (χ1) is 19.0. The summed E-state index contributed by atoms with van der Waals surface area (Å²) in [5.74, 6) is -3.90. The molecule has 0 unspecified atom stereocenters. The van der Waals surface area contributed by atoms with E-state index in [0.29, 0.717) is 54.8 Å². The SMILES string of the molecule is FC(F)(F)c1nc(N2CCc3c([nH]c4ccc(Cl)cc34)[C@@H]2c2ccc(N3CCOCC3)nc2)nc(C(F)(F)F)n1. The van der Waals surface area contributed by atoms with E-state index in [4.69, 9.17) is 16.3 Å². The van der Waals surface area contributed by atoms with Crippen molar-refractivity contribution in [3.05, 3.63) is 70.0 Å². The minimum Gasteiger partial charge on any atom is -0.378 e. The number of hydrogen-bond acceptors (Lipinski definition) is 7. The van der Waals surface area contributed by atoms with Crippen LogP contribution in [0.1, 0.15) is 34.5 Å². The Hall–Kier alpha value is -3.65. The molecule has 0 spiro atoms. The van der Waals surface area contributed by atoms with Crippen LogP contribution < -0.4 is 9.80 Å². The highest BCUT2D eigenvalue weighted by atomic mass is 35.5. The van der Waals surface area contributed by atoms with Crippen LogP contribution in [0.15, 0.2) is 36.5 Å². The number of fused-ring (bicyclic) bond motifs is 3. The van der Waals surface area contributed by atoms with Crippen molar-refractivity contribution >= 4 is 34.3 Å². The van der Waals surface area contributed by atoms with Crippen molar-refractivity contribution in [2.75, 3.05) is 42.6 Å². The zero-order chi connectivity index (χ0) is 28.2. The number of anilines is 2. The number of nitrogens with zero attached hydrogens (tertiary/aromatic N) is 6. The monoisotopic (exact) mass is 583 g/mol. The number of halogens is 7. The molecule has 2 aliphatic rings. The number of morpholine rings is 1. The van der Waals surface area contributed by atoms with Crippen molar-refractivity contribution in [3.63, 3.8) is 0 Å². The van der Waals surface area contributed by atoms with Crippen LogP contribution in [-0.4, -0.2) is 57.8 Å². The van der Waals surface area contributed by atoms with Crippen molar-refractivity contribution in [1.82, 2.24) is 24.9 Å². The number of ether oxygens (including phenoxy) is 1. The van der Waals surface area contributed by atoms with Gasteiger partial charge in [0.05, 0.1) is 19.3 Å². The molecule has 0 aliphatic carbocycles. The normalized spacial score (nSPS) is 18.3. The minimum atomic E-state index is -5.21. The summed E-state index contributed by atoms with van der Waals surface area (Å²) in [6.45, 7) is 2.40. The maximum Gasteiger partial charge on any atom is 0.451 e. The molecular weight excluding hydrogens is 564 g/mol. The lowest BCUT2D eigenvalue weighted by atomic mass is 9.93. The average Bonchev–Trinajstić information content (AvgIpc) is 3.30. The van der Waals surface area contributed by atoms with E-state index < -0.39 is 36.0 Å². The molecule has 1 N–H and O–H groups in total. The zero-order valence-corrected chi connectivity index (χ0v) is 21.3. The van der Waals surface area contributed by atoms with Crippen LogP contribution in [0.4, 0.5) is 38.1 Å². The van der Waals surface area contributed by atoms with E-state index in [1.165, 1.54) is 4.90 Å². The van der Waals surface area contributed by atoms with Gasteiger partial charge in [0, 0.05) is 47.5 Å². The lowest BCUT2D eigenvalue weighted by Gasteiger charge is -2.36. The number of hydrogen-bond donors (Lipinski definition) is 1. The van der Waals surface area contributed by atoms with Crippen molar-refractivity contribution in [1.29, 1.82) is 0 Å². The molecule has 0 bridgehead atoms. The Morgan fingerprint density at radius 3 is 2.23 bits per heavy atom. The summed E-state index contributed by atoms with van der Waals surface area (Å²) < 4.78 is 86.9. The van der Waals surface area contributed by atoms with Crippen molar-refractivity contribution < 1.29 is 31.1 Å². The van der Waals surface area contributed by atoms with Crippen LogP contribution in [0, 0.1) is 0 Å². The molecule has 4 aromatic rings. The molecule has 0 saturated carbocycles. The molecule has 15 heteroatoms. The lowest BCUT2D eigenvalue weighted by Crippen LogP contribution is -2.39. The second kappa shape index (κ2) is 9.77. The van der Waals surface area contributed by atoms with E-state index in [9.17, 15) is 26.3 Å². The summed E-state index contributed by atoms with van der Waals surface area (Å²) >= 11 is 6.22. The molecule has 5 heterocycles. The van der Waals surface area contributed by atoms with Crippen LogP contribution in [0.2, 0.25) is 5.02 Å². The molecule has 2 aliphatic heterocycles. The fourth-order valence-corrected chi connectivity index (χ4v) is 5.28. The molecule has 8 nitrogen and oxygen atoms in total. The van der Waals surface area contributed by atoms with Crippen molar-refractivity contribution in [2.24, 2.45) is 0 Å². The first kappa shape index (κ1) is 26.6. The Bertz CT molecular complexity index is 1520. The third-order valence-electron chi connectivity index (χ3n) is 6.90. The summed E-state index contributed by atoms with van der Waals surface area (Å²) in [4.78, 5) is 20.8. The topological polar surface area (TPSA) is 83.1 Å². The molecular formula is C25H20ClF6N7O. The number of nitrogens with one attached hydrogen (secondary N) is 1. The molecule has 1 aromatic carbocycles. The fraction of sp³-hybridized carbons (Fsp3) is 0.360. The maximum atomic E-state index is 13.6. The quantitative estimate of drug-likeness (QED) is 0.322. The molecule has 40 heavy (non-hydrogen) atoms. The number of rotatable bonds is 3. The van der Waals surface area contributed by atoms with E-state index in [1.807, 2.05) is 4.90 Å². The average molecular weight is 584 g/mol. The van der Waals surface area contributed by atoms with Crippen molar-refractivity contribution in [2.45, 2.75) is 24.8 Å². The van der Waals surface area contributed by atoms with E-state index in [2.05, 4.69) is 24.9 Å². The van der Waals surface area contributed by atoms with Crippen molar-refractivity contribution in [3.8, 4) is 0 Å². The largest absolute Gasteiger partial charge is 0.451 e. The molecule has 1 atom stereocenters. The Balaban J connectivity index is 1.50. The summed E-state index contributed by atoms with van der Waals surface area (Å²) in [5, 5.41) is 1.31. The Morgan fingerprint density at radius 2 is 1.60 bits per heavy atom. The first-order valence-corrected chi connectivity index (χ1v) is 12.6. The Kier molecular flexibility index (Phi) is 6.49. The van der Waals surface area contributed by atoms with Gasteiger partial charge < -0.3 is 19.5 Å². The molecule has 6 rings (SSSR count). The summed E-state index contributed by atoms with van der Waals surface area (Å²) in [5.41, 5.74) is 2.67. The molecule has 0 radical (unpaired) electrons. The van der Waals surface area contributed by atoms with Crippen LogP contribution in [0.5, 0.6) is 0 Å². The predicted molar refractivity (Wildman–Crippen MR) is 133 cm³/mol. The second-order valence-electron chi connectivity index (χ2n) is 9.38. The van der Waals surface area contributed by atoms with Crippen LogP contribution >= 0.6 is 11.6 Å². The van der Waals surface area contributed by atoms with Gasteiger partial charge in [0.15, 0.2) is 0 Å². The summed E-state index contributed by atoms with van der Waals surface area (Å²) in [6, 6.07) is 7.87. The second-order valence-corrected chi connectivity index (χ2v) is 9.82. The highest BCUT2D eigenvalue weighted by Gasteiger charge is 2.43. The molecule has 1 saturated heterocycles. The lowest BCUT2D eigenvalue weighted by molar-refractivity contribution is -0.155. The van der Waals surface area contributed by atoms with E-state index in [1.54, 1.807) is 36.5 Å². The predicted octanol–water partition coefficient (Wildman–Crippen LogP) is 5.43. The van der Waals surface area contributed by atoms with Gasteiger partial charge in [0.25, 0.3) is 0 Å². The van der Waals surface area contributed by atoms with Gasteiger partial charge in [0.1, 0.15) is 5.82 Å². The minimum absolute atomic E-state index is 0.0287. The van der Waals surface area contributed by atoms with E-state index in [-0.39, 0.29) is 6.54 Å². The van der Waals surface area contributed by atoms with Crippen LogP contribution in [-0.2, 0) is 23.5 Å². The van der Waals surface area contributed by atoms with E-state index in [0.717, 1.165) is 16.5 Å². The van der Waals surface area contributed by atoms with Gasteiger partial charge in [-0.1, -0.05) is 17.7 Å². The smallest absolute Gasteiger partial charge is 0.378 e. The third-order valence-corrected chi connectivity index (χ3v) is 7.13. The van der Waals surface area contributed by atoms with Gasteiger partial charge in [-0.25, -0.2) is 9.97 Å². The Labute approximate surface area is 228 Å². The summed E-state index contributed by atoms with van der Waals surface area (Å²) in [7, 11) is 0. The van der Waals surface area contributed by atoms with Gasteiger partial charge in [-0.05, 0) is 41.8 Å². The zero-order valence-electron chi connectivity index (χ0n) is 20.5. The number of H-pyrrole nitrogens is 1. The number of alkyl halides is 6. The highest BCUT2D eigenvalue weighted by Crippen LogP contribution is 2.42. The van der Waals surface area contributed by atoms with Gasteiger partial charge in [0.2, 0.25) is 17.6 Å². The number of benzene rings is 1. The number of aromatic nitrogens is 5. The fourth-order valence-electron chi connectivity index (χ4n) is 5.11. The summed E-state index contributed by atoms with van der Waals surface area (Å²) in [6.07, 6.45) is -8.58. The first-order valence-electron chi connectivity index (χ1n) is 12.2. The van der Waals surface area contributed by atoms with Gasteiger partial charge in [-0.15, -0.1) is 0 Å². The highest BCUT2D eigenvalue weighted by molar-refractivity contribution is 6.31. The maximum absolute atomic E-state index is 13.6. The van der Waals surface area contributed by atoms with Crippen LogP contribution in [0.25, 0.3) is 10.9 Å². The Morgan fingerprint density at radius 1 is 0.900 bits per heavy atom. The number of aromatic amines is 1. The van der Waals surface area contributed by atoms with Gasteiger partial charge in [-0.2, -0.15) is 36.3 Å². The van der Waals surface area contributed by atoms with Gasteiger partial charge >= 0.3 is 12.4 Å². The molecule has 3 aromatic heterocycles. The molecule has 210 valence electrons. The number of pyridine rings is 1. The van der Waals surface area contributed by atoms with E-state index >= 15 is 0 Å². The van der Waals surface area contributed by atoms with Gasteiger partial charge in [-0.3, -0.25) is 0 Å². The standard InChI is InChI=1S/C25H20ClF6N7O/c26-14-2-3-17-16(11-14)15-5-6-39(23-36-21(24(27,28)29)35-22(37-23)25(30,31)32)20(19(15)34-17)13-1-4-18(33-12-13)38-7-9-40-10-8-38/h1-4,11-12,20,34H,5-10H2/t20-/m0/s1.